The number of hydrogen-bond donors (Lipinski definition) is 2. The highest BCUT2D eigenvalue weighted by molar-refractivity contribution is 7.22. The van der Waals surface area contributed by atoms with E-state index in [-0.39, 0.29) is 24.3 Å². The Balaban J connectivity index is 1.47. The summed E-state index contributed by atoms with van der Waals surface area (Å²) in [6.07, 6.45) is 0.444. The lowest BCUT2D eigenvalue weighted by Crippen LogP contribution is -2.18. The number of para-hydroxylation sites is 3. The van der Waals surface area contributed by atoms with Crippen molar-refractivity contribution >= 4 is 43.6 Å². The van der Waals surface area contributed by atoms with Gasteiger partial charge in [-0.05, 0) is 30.7 Å². The van der Waals surface area contributed by atoms with E-state index >= 15 is 0 Å². The standard InChI is InChI=1S/C19H16N4O2S/c1-11-5-4-8-15-17(11)23-19(26-15)22-16(24)10-9-14-18(25)21-13-7-3-2-6-12(13)20-14/h2-8H,9-10H2,1H3,(H,21,25)(H,22,23,24). The zero-order chi connectivity index (χ0) is 18.1. The number of anilines is 1. The lowest BCUT2D eigenvalue weighted by Gasteiger charge is -2.03. The molecule has 2 heterocycles. The first kappa shape index (κ1) is 16.4. The number of carbonyl (C=O) groups is 1. The van der Waals surface area contributed by atoms with E-state index in [9.17, 15) is 9.59 Å². The zero-order valence-corrected chi connectivity index (χ0v) is 14.9. The van der Waals surface area contributed by atoms with Crippen molar-refractivity contribution in [3.05, 3.63) is 64.1 Å². The molecule has 26 heavy (non-hydrogen) atoms. The fourth-order valence-electron chi connectivity index (χ4n) is 2.79. The highest BCUT2D eigenvalue weighted by atomic mass is 32.1. The molecule has 1 amide bonds. The number of nitrogens with zero attached hydrogens (tertiary/aromatic N) is 2. The van der Waals surface area contributed by atoms with Gasteiger partial charge in [0.05, 0.1) is 21.3 Å². The summed E-state index contributed by atoms with van der Waals surface area (Å²) in [7, 11) is 0. The van der Waals surface area contributed by atoms with E-state index in [0.29, 0.717) is 21.9 Å². The molecule has 6 nitrogen and oxygen atoms in total. The van der Waals surface area contributed by atoms with Crippen LogP contribution in [0.25, 0.3) is 21.3 Å². The number of aromatic amines is 1. The molecule has 0 radical (unpaired) electrons. The van der Waals surface area contributed by atoms with Crippen molar-refractivity contribution in [3.8, 4) is 0 Å². The number of aromatic nitrogens is 3. The van der Waals surface area contributed by atoms with Gasteiger partial charge in [-0.2, -0.15) is 0 Å². The van der Waals surface area contributed by atoms with Crippen molar-refractivity contribution in [2.24, 2.45) is 0 Å². The molecule has 2 aromatic carbocycles. The summed E-state index contributed by atoms with van der Waals surface area (Å²) in [5, 5.41) is 3.38. The number of benzene rings is 2. The molecule has 0 unspecified atom stereocenters. The van der Waals surface area contributed by atoms with Crippen LogP contribution in [0.15, 0.2) is 47.3 Å². The molecule has 0 aliphatic rings. The Morgan fingerprint density at radius 1 is 1.15 bits per heavy atom. The van der Waals surface area contributed by atoms with Crippen LogP contribution in [0.1, 0.15) is 17.7 Å². The normalized spacial score (nSPS) is 11.1. The molecular weight excluding hydrogens is 348 g/mol. The van der Waals surface area contributed by atoms with E-state index in [0.717, 1.165) is 15.8 Å². The van der Waals surface area contributed by atoms with Crippen LogP contribution in [0.4, 0.5) is 5.13 Å². The van der Waals surface area contributed by atoms with Crippen LogP contribution in [0.5, 0.6) is 0 Å². The molecular formula is C19H16N4O2S. The van der Waals surface area contributed by atoms with Gasteiger partial charge < -0.3 is 10.3 Å². The smallest absolute Gasteiger partial charge is 0.270 e. The van der Waals surface area contributed by atoms with E-state index in [1.165, 1.54) is 11.3 Å². The predicted octanol–water partition coefficient (Wildman–Crippen LogP) is 3.41. The van der Waals surface area contributed by atoms with Crippen molar-refractivity contribution in [3.63, 3.8) is 0 Å². The van der Waals surface area contributed by atoms with Gasteiger partial charge in [0.1, 0.15) is 5.69 Å². The number of nitrogens with one attached hydrogen (secondary N) is 2. The van der Waals surface area contributed by atoms with Crippen LogP contribution in [-0.4, -0.2) is 20.9 Å². The maximum atomic E-state index is 12.2. The molecule has 0 saturated heterocycles. The van der Waals surface area contributed by atoms with Crippen LogP contribution in [0.3, 0.4) is 0 Å². The van der Waals surface area contributed by atoms with E-state index in [2.05, 4.69) is 20.3 Å². The molecule has 0 spiro atoms. The van der Waals surface area contributed by atoms with Gasteiger partial charge in [0.2, 0.25) is 5.91 Å². The summed E-state index contributed by atoms with van der Waals surface area (Å²) >= 11 is 1.44. The summed E-state index contributed by atoms with van der Waals surface area (Å²) in [4.78, 5) is 36.0. The average Bonchev–Trinajstić information content (AvgIpc) is 3.04. The number of thiazole rings is 1. The fourth-order valence-corrected chi connectivity index (χ4v) is 3.75. The second-order valence-corrected chi connectivity index (χ2v) is 7.05. The van der Waals surface area contributed by atoms with Crippen LogP contribution in [0, 0.1) is 6.92 Å². The number of amides is 1. The second-order valence-electron chi connectivity index (χ2n) is 6.02. The van der Waals surface area contributed by atoms with Crippen LogP contribution in [0.2, 0.25) is 0 Å². The Morgan fingerprint density at radius 3 is 2.85 bits per heavy atom. The molecule has 2 N–H and O–H groups in total. The highest BCUT2D eigenvalue weighted by Gasteiger charge is 2.11. The van der Waals surface area contributed by atoms with Gasteiger partial charge in [0, 0.05) is 12.8 Å². The predicted molar refractivity (Wildman–Crippen MR) is 104 cm³/mol. The van der Waals surface area contributed by atoms with Gasteiger partial charge in [0.25, 0.3) is 5.56 Å². The van der Waals surface area contributed by atoms with Gasteiger partial charge in [-0.15, -0.1) is 0 Å². The van der Waals surface area contributed by atoms with E-state index in [1.54, 1.807) is 6.07 Å². The Labute approximate surface area is 152 Å². The van der Waals surface area contributed by atoms with Crippen LogP contribution in [-0.2, 0) is 11.2 Å². The SMILES string of the molecule is Cc1cccc2sc(NC(=O)CCc3nc4ccccc4[nH]c3=O)nc12. The lowest BCUT2D eigenvalue weighted by molar-refractivity contribution is -0.116. The van der Waals surface area contributed by atoms with Gasteiger partial charge >= 0.3 is 0 Å². The van der Waals surface area contributed by atoms with Crippen molar-refractivity contribution in [1.29, 1.82) is 0 Å². The van der Waals surface area contributed by atoms with E-state index < -0.39 is 0 Å². The molecule has 0 fully saturated rings. The summed E-state index contributed by atoms with van der Waals surface area (Å²) < 4.78 is 1.04. The topological polar surface area (TPSA) is 87.7 Å². The zero-order valence-electron chi connectivity index (χ0n) is 14.1. The van der Waals surface area contributed by atoms with E-state index in [4.69, 9.17) is 0 Å². The van der Waals surface area contributed by atoms with Crippen LogP contribution < -0.4 is 10.9 Å². The first-order valence-corrected chi connectivity index (χ1v) is 9.06. The number of rotatable bonds is 4. The summed E-state index contributed by atoms with van der Waals surface area (Å²) in [5.74, 6) is -0.184. The highest BCUT2D eigenvalue weighted by Crippen LogP contribution is 2.27. The third-order valence-corrected chi connectivity index (χ3v) is 5.06. The number of H-pyrrole nitrogens is 1. The first-order valence-electron chi connectivity index (χ1n) is 8.24. The Morgan fingerprint density at radius 2 is 2.00 bits per heavy atom. The quantitative estimate of drug-likeness (QED) is 0.581. The van der Waals surface area contributed by atoms with E-state index in [1.807, 2.05) is 43.3 Å². The number of aryl methyl sites for hydroxylation is 2. The lowest BCUT2D eigenvalue weighted by atomic mass is 10.2. The summed E-state index contributed by atoms with van der Waals surface area (Å²) in [5.41, 5.74) is 3.48. The maximum Gasteiger partial charge on any atom is 0.270 e. The van der Waals surface area contributed by atoms with Crippen LogP contribution >= 0.6 is 11.3 Å². The van der Waals surface area contributed by atoms with Crippen molar-refractivity contribution in [2.45, 2.75) is 19.8 Å². The van der Waals surface area contributed by atoms with Gasteiger partial charge in [-0.25, -0.2) is 9.97 Å². The number of hydrogen-bond acceptors (Lipinski definition) is 5. The van der Waals surface area contributed by atoms with Crippen molar-refractivity contribution in [1.82, 2.24) is 15.0 Å². The fraction of sp³-hybridized carbons (Fsp3) is 0.158. The molecule has 0 bridgehead atoms. The molecule has 0 atom stereocenters. The minimum absolute atomic E-state index is 0.170. The molecule has 0 aliphatic heterocycles. The number of fused-ring (bicyclic) bond motifs is 2. The van der Waals surface area contributed by atoms with Gasteiger partial charge in [-0.1, -0.05) is 35.6 Å². The molecule has 7 heteroatoms. The summed E-state index contributed by atoms with van der Waals surface area (Å²) in [6.45, 7) is 1.99. The monoisotopic (exact) mass is 364 g/mol. The average molecular weight is 364 g/mol. The third-order valence-electron chi connectivity index (χ3n) is 4.13. The Hall–Kier alpha value is -3.06. The second kappa shape index (κ2) is 6.68. The molecule has 2 aromatic heterocycles. The third kappa shape index (κ3) is 3.21. The molecule has 4 aromatic rings. The molecule has 130 valence electrons. The van der Waals surface area contributed by atoms with Gasteiger partial charge in [0.15, 0.2) is 5.13 Å². The van der Waals surface area contributed by atoms with Gasteiger partial charge in [-0.3, -0.25) is 9.59 Å². The molecule has 0 aliphatic carbocycles. The number of carbonyl (C=O) groups excluding carboxylic acids is 1. The van der Waals surface area contributed by atoms with Crippen molar-refractivity contribution < 1.29 is 4.79 Å². The molecule has 4 rings (SSSR count). The Bertz CT molecular complexity index is 1180. The minimum atomic E-state index is -0.257. The maximum absolute atomic E-state index is 12.2. The minimum Gasteiger partial charge on any atom is -0.319 e. The Kier molecular flexibility index (Phi) is 4.22. The summed E-state index contributed by atoms with van der Waals surface area (Å²) in [6, 6.07) is 13.3. The largest absolute Gasteiger partial charge is 0.319 e. The van der Waals surface area contributed by atoms with Crippen molar-refractivity contribution in [2.75, 3.05) is 5.32 Å². The molecule has 0 saturated carbocycles. The first-order chi connectivity index (χ1) is 12.6.